The highest BCUT2D eigenvalue weighted by Crippen LogP contribution is 2.44. The zero-order valence-electron chi connectivity index (χ0n) is 26.6. The average molecular weight is 672 g/mol. The Morgan fingerprint density at radius 2 is 1.70 bits per heavy atom. The molecular formula is C37H38ClN3O5S. The molecule has 3 aromatic carbocycles. The van der Waals surface area contributed by atoms with Crippen molar-refractivity contribution in [1.29, 1.82) is 0 Å². The van der Waals surface area contributed by atoms with Crippen LogP contribution in [0.25, 0.3) is 32.6 Å². The summed E-state index contributed by atoms with van der Waals surface area (Å²) in [4.78, 5) is 29.9. The Kier molecular flexibility index (Phi) is 9.87. The number of rotatable bonds is 9. The Morgan fingerprint density at radius 1 is 0.936 bits per heavy atom. The van der Waals surface area contributed by atoms with Gasteiger partial charge in [0.25, 0.3) is 0 Å². The predicted octanol–water partition coefficient (Wildman–Crippen LogP) is 7.71. The molecule has 2 aliphatic heterocycles. The summed E-state index contributed by atoms with van der Waals surface area (Å²) in [5, 5.41) is 0. The van der Waals surface area contributed by atoms with Gasteiger partial charge in [-0.2, -0.15) is 0 Å². The molecule has 244 valence electrons. The minimum Gasteiger partial charge on any atom is -0.489 e. The van der Waals surface area contributed by atoms with Crippen LogP contribution in [0.5, 0.6) is 5.75 Å². The molecule has 2 aromatic heterocycles. The number of esters is 1. The van der Waals surface area contributed by atoms with Crippen LogP contribution in [0.2, 0.25) is 0 Å². The molecule has 2 saturated heterocycles. The fraction of sp³-hybridized carbons (Fsp3) is 0.297. The molecule has 10 heteroatoms. The van der Waals surface area contributed by atoms with Crippen molar-refractivity contribution in [2.24, 2.45) is 7.05 Å². The van der Waals surface area contributed by atoms with Crippen molar-refractivity contribution in [2.75, 3.05) is 49.3 Å². The molecule has 4 heterocycles. The fourth-order valence-electron chi connectivity index (χ4n) is 6.48. The van der Waals surface area contributed by atoms with Gasteiger partial charge in [-0.15, -0.1) is 23.7 Å². The third-order valence-corrected chi connectivity index (χ3v) is 9.86. The van der Waals surface area contributed by atoms with E-state index in [1.807, 2.05) is 55.3 Å². The quantitative estimate of drug-likeness (QED) is 0.150. The van der Waals surface area contributed by atoms with Gasteiger partial charge in [0.2, 0.25) is 5.91 Å². The lowest BCUT2D eigenvalue weighted by molar-refractivity contribution is -0.117. The number of aryl methyl sites for hydroxylation is 1. The lowest BCUT2D eigenvalue weighted by Gasteiger charge is -2.31. The van der Waals surface area contributed by atoms with Gasteiger partial charge in [-0.3, -0.25) is 4.79 Å². The number of hydrogen-bond donors (Lipinski definition) is 0. The van der Waals surface area contributed by atoms with E-state index >= 15 is 0 Å². The van der Waals surface area contributed by atoms with Crippen molar-refractivity contribution in [3.63, 3.8) is 0 Å². The van der Waals surface area contributed by atoms with E-state index in [2.05, 4.69) is 51.9 Å². The summed E-state index contributed by atoms with van der Waals surface area (Å²) in [6.45, 7) is 6.34. The number of amides is 1. The van der Waals surface area contributed by atoms with Crippen molar-refractivity contribution in [1.82, 2.24) is 4.57 Å². The standard InChI is InChI=1S/C37H37N3O5S.ClH/c1-3-44-37(42)32-23-31-36(46-32)34(25-8-5-4-6-9-25)35(38(31)2)26-11-14-29(15-12-26)45-24-27-22-28(40-17-7-10-33(40)41)13-16-30(27)39-18-20-43-21-19-39;/h4-6,8-9,11-16,22-23H,3,7,10,17-21,24H2,1-2H3;1H. The highest BCUT2D eigenvalue weighted by Gasteiger charge is 2.25. The van der Waals surface area contributed by atoms with E-state index in [0.29, 0.717) is 37.7 Å². The number of thiophene rings is 1. The van der Waals surface area contributed by atoms with Crippen LogP contribution in [0.1, 0.15) is 35.0 Å². The second-order valence-electron chi connectivity index (χ2n) is 11.6. The van der Waals surface area contributed by atoms with E-state index < -0.39 is 0 Å². The number of carbonyl (C=O) groups is 2. The molecule has 0 spiro atoms. The molecule has 0 bridgehead atoms. The van der Waals surface area contributed by atoms with Crippen LogP contribution in [0.4, 0.5) is 11.4 Å². The van der Waals surface area contributed by atoms with Gasteiger partial charge >= 0.3 is 5.97 Å². The van der Waals surface area contributed by atoms with Gasteiger partial charge in [-0.05, 0) is 73.0 Å². The number of fused-ring (bicyclic) bond motifs is 1. The van der Waals surface area contributed by atoms with Gasteiger partial charge in [0.15, 0.2) is 0 Å². The number of nitrogens with zero attached hydrogens (tertiary/aromatic N) is 3. The van der Waals surface area contributed by atoms with Crippen molar-refractivity contribution in [2.45, 2.75) is 26.4 Å². The number of carbonyl (C=O) groups excluding carboxylic acids is 2. The van der Waals surface area contributed by atoms with Crippen LogP contribution in [-0.4, -0.2) is 55.9 Å². The summed E-state index contributed by atoms with van der Waals surface area (Å²) in [6.07, 6.45) is 1.49. The van der Waals surface area contributed by atoms with Crippen LogP contribution < -0.4 is 14.5 Å². The molecule has 0 unspecified atom stereocenters. The van der Waals surface area contributed by atoms with Gasteiger partial charge in [-0.1, -0.05) is 30.3 Å². The first-order valence-corrected chi connectivity index (χ1v) is 16.7. The molecule has 0 aliphatic carbocycles. The third-order valence-electron chi connectivity index (χ3n) is 8.73. The van der Waals surface area contributed by atoms with Crippen LogP contribution in [-0.2, 0) is 27.9 Å². The number of ether oxygens (including phenoxy) is 3. The molecule has 2 fully saturated rings. The number of hydrogen-bond acceptors (Lipinski definition) is 7. The third kappa shape index (κ3) is 6.48. The van der Waals surface area contributed by atoms with E-state index in [1.165, 1.54) is 11.3 Å². The topological polar surface area (TPSA) is 73.2 Å². The summed E-state index contributed by atoms with van der Waals surface area (Å²) in [5.41, 5.74) is 8.41. The maximum atomic E-state index is 12.6. The summed E-state index contributed by atoms with van der Waals surface area (Å²) in [6, 6.07) is 26.7. The van der Waals surface area contributed by atoms with Gasteiger partial charge in [0.1, 0.15) is 17.2 Å². The molecular weight excluding hydrogens is 634 g/mol. The average Bonchev–Trinajstić information content (AvgIpc) is 3.80. The molecule has 0 atom stereocenters. The smallest absolute Gasteiger partial charge is 0.348 e. The highest BCUT2D eigenvalue weighted by molar-refractivity contribution is 7.21. The van der Waals surface area contributed by atoms with Crippen molar-refractivity contribution in [3.8, 4) is 28.1 Å². The van der Waals surface area contributed by atoms with Gasteiger partial charge in [0, 0.05) is 55.6 Å². The SMILES string of the molecule is CCOC(=O)c1cc2c(s1)c(-c1ccccc1)c(-c1ccc(OCc3cc(N4CCCC4=O)ccc3N3CCOCC3)cc1)n2C.Cl. The van der Waals surface area contributed by atoms with Gasteiger partial charge in [-0.25, -0.2) is 4.79 Å². The summed E-state index contributed by atoms with van der Waals surface area (Å²) in [7, 11) is 2.04. The van der Waals surface area contributed by atoms with Crippen molar-refractivity contribution < 1.29 is 23.8 Å². The molecule has 0 radical (unpaired) electrons. The zero-order valence-corrected chi connectivity index (χ0v) is 28.2. The minimum absolute atomic E-state index is 0. The molecule has 1 amide bonds. The largest absolute Gasteiger partial charge is 0.489 e. The number of morpholine rings is 1. The van der Waals surface area contributed by atoms with E-state index in [-0.39, 0.29) is 24.3 Å². The van der Waals surface area contributed by atoms with Crippen molar-refractivity contribution >= 4 is 57.2 Å². The lowest BCUT2D eigenvalue weighted by Crippen LogP contribution is -2.37. The first-order chi connectivity index (χ1) is 22.5. The van der Waals surface area contributed by atoms with Crippen LogP contribution in [0, 0.1) is 0 Å². The second kappa shape index (κ2) is 14.2. The molecule has 8 nitrogen and oxygen atoms in total. The Morgan fingerprint density at radius 3 is 2.40 bits per heavy atom. The highest BCUT2D eigenvalue weighted by atomic mass is 35.5. The monoisotopic (exact) mass is 671 g/mol. The summed E-state index contributed by atoms with van der Waals surface area (Å²) in [5.74, 6) is 0.649. The molecule has 47 heavy (non-hydrogen) atoms. The van der Waals surface area contributed by atoms with Gasteiger partial charge in [0.05, 0.1) is 35.7 Å². The first-order valence-electron chi connectivity index (χ1n) is 15.9. The summed E-state index contributed by atoms with van der Waals surface area (Å²) < 4.78 is 20.5. The van der Waals surface area contributed by atoms with Gasteiger partial charge < -0.3 is 28.6 Å². The number of halogens is 1. The maximum absolute atomic E-state index is 12.6. The normalized spacial score (nSPS) is 14.8. The first kappa shape index (κ1) is 32.6. The zero-order chi connectivity index (χ0) is 31.6. The Hall–Kier alpha value is -4.31. The van der Waals surface area contributed by atoms with Crippen LogP contribution >= 0.6 is 23.7 Å². The van der Waals surface area contributed by atoms with E-state index in [9.17, 15) is 9.59 Å². The lowest BCUT2D eigenvalue weighted by atomic mass is 10.0. The predicted molar refractivity (Wildman–Crippen MR) is 190 cm³/mol. The number of aromatic nitrogens is 1. The Balaban J connectivity index is 0.00000386. The molecule has 5 aromatic rings. The van der Waals surface area contributed by atoms with Crippen LogP contribution in [0.15, 0.2) is 78.9 Å². The van der Waals surface area contributed by atoms with E-state index in [0.717, 1.165) is 81.3 Å². The second-order valence-corrected chi connectivity index (χ2v) is 12.6. The summed E-state index contributed by atoms with van der Waals surface area (Å²) >= 11 is 1.47. The molecule has 7 rings (SSSR count). The molecule has 0 N–H and O–H groups in total. The molecule has 2 aliphatic rings. The maximum Gasteiger partial charge on any atom is 0.348 e. The van der Waals surface area contributed by atoms with E-state index in [4.69, 9.17) is 14.2 Å². The van der Waals surface area contributed by atoms with Crippen LogP contribution in [0.3, 0.4) is 0 Å². The fourth-order valence-corrected chi connectivity index (χ4v) is 7.63. The minimum atomic E-state index is -0.292. The molecule has 0 saturated carbocycles. The Labute approximate surface area is 284 Å². The number of anilines is 2. The Bertz CT molecular complexity index is 1880. The van der Waals surface area contributed by atoms with E-state index in [1.54, 1.807) is 0 Å². The van der Waals surface area contributed by atoms with Crippen molar-refractivity contribution in [3.05, 3.63) is 89.3 Å². The number of benzene rings is 3.